The predicted molar refractivity (Wildman–Crippen MR) is 84.1 cm³/mol. The molecule has 1 aliphatic carbocycles. The van der Waals surface area contributed by atoms with Crippen molar-refractivity contribution in [1.29, 1.82) is 0 Å². The quantitative estimate of drug-likeness (QED) is 0.914. The van der Waals surface area contributed by atoms with Gasteiger partial charge in [0.1, 0.15) is 0 Å². The molecular weight excluding hydrogens is 262 g/mol. The molecule has 0 amide bonds. The summed E-state index contributed by atoms with van der Waals surface area (Å²) in [6.07, 6.45) is 5.24. The summed E-state index contributed by atoms with van der Waals surface area (Å²) in [5.74, 6) is 2.19. The maximum absolute atomic E-state index is 5.25. The van der Waals surface area contributed by atoms with Gasteiger partial charge in [-0.15, -0.1) is 10.2 Å². The monoisotopic (exact) mass is 285 g/mol. The number of nitrogens with zero attached hydrogens (tertiary/aromatic N) is 2. The molecule has 1 fully saturated rings. The Morgan fingerprint density at radius 3 is 2.52 bits per heavy atom. The normalized spacial score (nSPS) is 25.8. The third-order valence-electron chi connectivity index (χ3n) is 4.37. The fourth-order valence-corrected chi connectivity index (χ4v) is 3.54. The van der Waals surface area contributed by atoms with Crippen LogP contribution in [0, 0.1) is 18.8 Å². The largest absolute Gasteiger partial charge is 0.423 e. The zero-order valence-electron chi connectivity index (χ0n) is 13.0. The molecule has 1 N–H and O–H groups in total. The Hall–Kier alpha value is -1.84. The van der Waals surface area contributed by atoms with Crippen LogP contribution in [0.2, 0.25) is 0 Å². The smallest absolute Gasteiger partial charge is 0.247 e. The number of aromatic nitrogens is 2. The number of hydrogen-bond acceptors (Lipinski definition) is 4. The Labute approximate surface area is 126 Å². The van der Waals surface area contributed by atoms with E-state index in [9.17, 15) is 0 Å². The SMILES string of the molecule is Cc1cc(-c2nnco2)ccc1NC1CC(C)CC(C)C1. The molecule has 1 heterocycles. The van der Waals surface area contributed by atoms with Crippen LogP contribution in [-0.2, 0) is 0 Å². The van der Waals surface area contributed by atoms with Crippen molar-refractivity contribution in [2.75, 3.05) is 5.32 Å². The van der Waals surface area contributed by atoms with Crippen molar-refractivity contribution in [1.82, 2.24) is 10.2 Å². The molecule has 112 valence electrons. The average Bonchev–Trinajstić information content (AvgIpc) is 2.94. The standard InChI is InChI=1S/C17H23N3O/c1-11-6-12(2)8-15(7-11)19-16-5-4-14(9-13(16)3)17-20-18-10-21-17/h4-5,9-12,15,19H,6-8H2,1-3H3. The highest BCUT2D eigenvalue weighted by atomic mass is 16.4. The highest BCUT2D eigenvalue weighted by Crippen LogP contribution is 2.32. The Bertz CT molecular complexity index is 584. The lowest BCUT2D eigenvalue weighted by Crippen LogP contribution is -2.30. The van der Waals surface area contributed by atoms with E-state index < -0.39 is 0 Å². The molecule has 0 spiro atoms. The second-order valence-electron chi connectivity index (χ2n) is 6.53. The van der Waals surface area contributed by atoms with E-state index in [0.29, 0.717) is 11.9 Å². The zero-order chi connectivity index (χ0) is 14.8. The fourth-order valence-electron chi connectivity index (χ4n) is 3.54. The summed E-state index contributed by atoms with van der Waals surface area (Å²) in [5, 5.41) is 11.4. The first-order chi connectivity index (χ1) is 10.1. The van der Waals surface area contributed by atoms with Crippen LogP contribution in [0.3, 0.4) is 0 Å². The van der Waals surface area contributed by atoms with Gasteiger partial charge in [0.25, 0.3) is 0 Å². The van der Waals surface area contributed by atoms with Crippen molar-refractivity contribution in [2.45, 2.75) is 46.1 Å². The maximum atomic E-state index is 5.25. The van der Waals surface area contributed by atoms with Crippen molar-refractivity contribution in [3.8, 4) is 11.5 Å². The van der Waals surface area contributed by atoms with Gasteiger partial charge >= 0.3 is 0 Å². The molecule has 2 aromatic rings. The van der Waals surface area contributed by atoms with Crippen LogP contribution < -0.4 is 5.32 Å². The molecule has 1 aromatic carbocycles. The van der Waals surface area contributed by atoms with E-state index in [0.717, 1.165) is 17.4 Å². The van der Waals surface area contributed by atoms with Gasteiger partial charge in [-0.25, -0.2) is 0 Å². The first-order valence-corrected chi connectivity index (χ1v) is 7.75. The molecule has 0 bridgehead atoms. The van der Waals surface area contributed by atoms with Gasteiger partial charge in [0.05, 0.1) is 0 Å². The van der Waals surface area contributed by atoms with E-state index in [-0.39, 0.29) is 0 Å². The molecule has 1 aliphatic rings. The molecule has 2 atom stereocenters. The number of rotatable bonds is 3. The van der Waals surface area contributed by atoms with Crippen molar-refractivity contribution < 1.29 is 4.42 Å². The molecule has 2 unspecified atom stereocenters. The van der Waals surface area contributed by atoms with Gasteiger partial charge in [0.15, 0.2) is 0 Å². The Morgan fingerprint density at radius 1 is 1.14 bits per heavy atom. The molecule has 0 saturated heterocycles. The van der Waals surface area contributed by atoms with Crippen LogP contribution in [0.25, 0.3) is 11.5 Å². The lowest BCUT2D eigenvalue weighted by atomic mass is 9.80. The lowest BCUT2D eigenvalue weighted by Gasteiger charge is -2.33. The van der Waals surface area contributed by atoms with E-state index in [4.69, 9.17) is 4.42 Å². The Kier molecular flexibility index (Phi) is 3.95. The van der Waals surface area contributed by atoms with Crippen molar-refractivity contribution in [3.63, 3.8) is 0 Å². The molecule has 1 saturated carbocycles. The van der Waals surface area contributed by atoms with Crippen molar-refractivity contribution in [3.05, 3.63) is 30.2 Å². The number of anilines is 1. The van der Waals surface area contributed by atoms with Crippen molar-refractivity contribution in [2.24, 2.45) is 11.8 Å². The van der Waals surface area contributed by atoms with E-state index in [1.807, 2.05) is 6.07 Å². The number of hydrogen-bond donors (Lipinski definition) is 1. The van der Waals surface area contributed by atoms with Gasteiger partial charge < -0.3 is 9.73 Å². The van der Waals surface area contributed by atoms with Gasteiger partial charge in [0, 0.05) is 17.3 Å². The van der Waals surface area contributed by atoms with E-state index >= 15 is 0 Å². The first kappa shape index (κ1) is 14.1. The minimum absolute atomic E-state index is 0.574. The summed E-state index contributed by atoms with van der Waals surface area (Å²) in [6, 6.07) is 6.85. The third kappa shape index (κ3) is 3.26. The van der Waals surface area contributed by atoms with Crippen LogP contribution in [0.1, 0.15) is 38.7 Å². The predicted octanol–water partition coefficient (Wildman–Crippen LogP) is 4.28. The van der Waals surface area contributed by atoms with Gasteiger partial charge in [-0.05, 0) is 61.8 Å². The highest BCUT2D eigenvalue weighted by molar-refractivity contribution is 5.62. The molecule has 0 aliphatic heterocycles. The van der Waals surface area contributed by atoms with Crippen LogP contribution in [0.4, 0.5) is 5.69 Å². The number of benzene rings is 1. The molecule has 3 rings (SSSR count). The van der Waals surface area contributed by atoms with Crippen LogP contribution >= 0.6 is 0 Å². The summed E-state index contributed by atoms with van der Waals surface area (Å²) in [5.41, 5.74) is 3.40. The minimum atomic E-state index is 0.574. The molecule has 4 nitrogen and oxygen atoms in total. The molecule has 21 heavy (non-hydrogen) atoms. The molecule has 4 heteroatoms. The molecule has 0 radical (unpaired) electrons. The van der Waals surface area contributed by atoms with Gasteiger partial charge in [-0.2, -0.15) is 0 Å². The van der Waals surface area contributed by atoms with Crippen LogP contribution in [0.5, 0.6) is 0 Å². The van der Waals surface area contributed by atoms with Crippen molar-refractivity contribution >= 4 is 5.69 Å². The Morgan fingerprint density at radius 2 is 1.90 bits per heavy atom. The molecule has 1 aromatic heterocycles. The highest BCUT2D eigenvalue weighted by Gasteiger charge is 2.24. The third-order valence-corrected chi connectivity index (χ3v) is 4.37. The second-order valence-corrected chi connectivity index (χ2v) is 6.53. The van der Waals surface area contributed by atoms with E-state index in [1.165, 1.54) is 36.9 Å². The average molecular weight is 285 g/mol. The van der Waals surface area contributed by atoms with Gasteiger partial charge in [-0.3, -0.25) is 0 Å². The Balaban J connectivity index is 1.74. The van der Waals surface area contributed by atoms with E-state index in [2.05, 4.69) is 48.4 Å². The van der Waals surface area contributed by atoms with Crippen LogP contribution in [0.15, 0.2) is 29.0 Å². The topological polar surface area (TPSA) is 51.0 Å². The summed E-state index contributed by atoms with van der Waals surface area (Å²) >= 11 is 0. The van der Waals surface area contributed by atoms with E-state index in [1.54, 1.807) is 0 Å². The maximum Gasteiger partial charge on any atom is 0.247 e. The summed E-state index contributed by atoms with van der Waals surface area (Å²) in [6.45, 7) is 6.84. The van der Waals surface area contributed by atoms with Gasteiger partial charge in [0.2, 0.25) is 12.3 Å². The fraction of sp³-hybridized carbons (Fsp3) is 0.529. The molecular formula is C17H23N3O. The lowest BCUT2D eigenvalue weighted by molar-refractivity contribution is 0.281. The zero-order valence-corrected chi connectivity index (χ0v) is 13.0. The summed E-state index contributed by atoms with van der Waals surface area (Å²) in [7, 11) is 0. The summed E-state index contributed by atoms with van der Waals surface area (Å²) in [4.78, 5) is 0. The number of nitrogens with one attached hydrogen (secondary N) is 1. The first-order valence-electron chi connectivity index (χ1n) is 7.75. The number of aryl methyl sites for hydroxylation is 1. The second kappa shape index (κ2) is 5.88. The minimum Gasteiger partial charge on any atom is -0.423 e. The van der Waals surface area contributed by atoms with Crippen LogP contribution in [-0.4, -0.2) is 16.2 Å². The summed E-state index contributed by atoms with van der Waals surface area (Å²) < 4.78 is 5.25. The van der Waals surface area contributed by atoms with Gasteiger partial charge in [-0.1, -0.05) is 13.8 Å².